The Hall–Kier alpha value is -2.40. The van der Waals surface area contributed by atoms with Gasteiger partial charge < -0.3 is 15.1 Å². The highest BCUT2D eigenvalue weighted by Crippen LogP contribution is 2.15. The number of likely N-dealkylation sites (tertiary alicyclic amines) is 1. The summed E-state index contributed by atoms with van der Waals surface area (Å²) in [6.45, 7) is 6.42. The highest BCUT2D eigenvalue weighted by atomic mass is 127. The molecule has 1 aliphatic heterocycles. The second-order valence-electron chi connectivity index (χ2n) is 7.48. The Morgan fingerprint density at radius 3 is 2.90 bits per heavy atom. The van der Waals surface area contributed by atoms with E-state index in [1.54, 1.807) is 6.26 Å². The number of piperidine rings is 1. The van der Waals surface area contributed by atoms with Crippen molar-refractivity contribution in [1.82, 2.24) is 30.7 Å². The average Bonchev–Trinajstić information content (AvgIpc) is 3.45. The van der Waals surface area contributed by atoms with Crippen molar-refractivity contribution in [2.75, 3.05) is 19.6 Å². The van der Waals surface area contributed by atoms with Gasteiger partial charge >= 0.3 is 0 Å². The van der Waals surface area contributed by atoms with Crippen molar-refractivity contribution in [3.63, 3.8) is 0 Å². The summed E-state index contributed by atoms with van der Waals surface area (Å²) in [5, 5.41) is 14.1. The molecule has 0 spiro atoms. The third kappa shape index (κ3) is 6.79. The van der Waals surface area contributed by atoms with E-state index in [1.807, 2.05) is 12.1 Å². The van der Waals surface area contributed by atoms with Crippen LogP contribution >= 0.6 is 24.0 Å². The van der Waals surface area contributed by atoms with Gasteiger partial charge in [-0.3, -0.25) is 10.00 Å². The Labute approximate surface area is 199 Å². The van der Waals surface area contributed by atoms with Crippen molar-refractivity contribution < 1.29 is 4.42 Å². The third-order valence-electron chi connectivity index (χ3n) is 5.10. The van der Waals surface area contributed by atoms with Crippen molar-refractivity contribution in [3.8, 4) is 11.6 Å². The number of halogens is 1. The van der Waals surface area contributed by atoms with Crippen LogP contribution in [-0.4, -0.2) is 51.7 Å². The summed E-state index contributed by atoms with van der Waals surface area (Å²) in [5.74, 6) is 2.70. The standard InChI is InChI=1S/C22H29N7O.HI/c1-2-23-22(24-14-20-26-21(28-27-20)19-11-7-13-30-19)25-18-10-6-12-29(16-18)15-17-8-4-3-5-9-17;/h3-5,7-9,11,13,18H,2,6,10,12,14-16H2,1H3,(H2,23,24,25)(H,26,27,28);1H. The van der Waals surface area contributed by atoms with Gasteiger partial charge in [0.1, 0.15) is 12.4 Å². The number of hydrogen-bond donors (Lipinski definition) is 3. The van der Waals surface area contributed by atoms with Gasteiger partial charge in [-0.15, -0.1) is 29.1 Å². The fourth-order valence-electron chi connectivity index (χ4n) is 3.71. The number of rotatable bonds is 7. The fourth-order valence-corrected chi connectivity index (χ4v) is 3.71. The molecule has 31 heavy (non-hydrogen) atoms. The predicted molar refractivity (Wildman–Crippen MR) is 132 cm³/mol. The summed E-state index contributed by atoms with van der Waals surface area (Å²) in [7, 11) is 0. The molecule has 1 saturated heterocycles. The van der Waals surface area contributed by atoms with Crippen LogP contribution in [-0.2, 0) is 13.1 Å². The summed E-state index contributed by atoms with van der Waals surface area (Å²) in [5.41, 5.74) is 1.36. The minimum absolute atomic E-state index is 0. The summed E-state index contributed by atoms with van der Waals surface area (Å²) in [6.07, 6.45) is 3.93. The monoisotopic (exact) mass is 535 g/mol. The van der Waals surface area contributed by atoms with E-state index in [2.05, 4.69) is 68.0 Å². The smallest absolute Gasteiger partial charge is 0.216 e. The van der Waals surface area contributed by atoms with Gasteiger partial charge in [-0.1, -0.05) is 30.3 Å². The maximum Gasteiger partial charge on any atom is 0.216 e. The highest BCUT2D eigenvalue weighted by molar-refractivity contribution is 14.0. The van der Waals surface area contributed by atoms with Crippen LogP contribution in [0.1, 0.15) is 31.2 Å². The first-order valence-electron chi connectivity index (χ1n) is 10.6. The molecule has 166 valence electrons. The first-order chi connectivity index (χ1) is 14.8. The maximum absolute atomic E-state index is 5.34. The quantitative estimate of drug-likeness (QED) is 0.244. The number of aliphatic imine (C=N–C) groups is 1. The number of guanidine groups is 1. The van der Waals surface area contributed by atoms with Gasteiger partial charge in [0.2, 0.25) is 5.82 Å². The van der Waals surface area contributed by atoms with E-state index in [1.165, 1.54) is 12.0 Å². The fraction of sp³-hybridized carbons (Fsp3) is 0.409. The van der Waals surface area contributed by atoms with Crippen LogP contribution in [0.3, 0.4) is 0 Å². The number of benzene rings is 1. The zero-order chi connectivity index (χ0) is 20.6. The molecule has 1 aliphatic rings. The molecule has 1 atom stereocenters. The SMILES string of the molecule is CCNC(=NCc1nc(-c2ccco2)n[nH]1)NC1CCCN(Cc2ccccc2)C1.I. The zero-order valence-corrected chi connectivity index (χ0v) is 20.1. The highest BCUT2D eigenvalue weighted by Gasteiger charge is 2.21. The van der Waals surface area contributed by atoms with Crippen LogP contribution in [0.25, 0.3) is 11.6 Å². The largest absolute Gasteiger partial charge is 0.461 e. The van der Waals surface area contributed by atoms with Crippen molar-refractivity contribution in [2.24, 2.45) is 4.99 Å². The molecule has 3 heterocycles. The lowest BCUT2D eigenvalue weighted by Crippen LogP contribution is -2.51. The van der Waals surface area contributed by atoms with Crippen LogP contribution < -0.4 is 10.6 Å². The number of aromatic amines is 1. The van der Waals surface area contributed by atoms with E-state index in [4.69, 9.17) is 9.41 Å². The summed E-state index contributed by atoms with van der Waals surface area (Å²) in [4.78, 5) is 11.7. The minimum atomic E-state index is 0. The van der Waals surface area contributed by atoms with Crippen molar-refractivity contribution in [1.29, 1.82) is 0 Å². The number of nitrogens with one attached hydrogen (secondary N) is 3. The molecule has 8 nitrogen and oxygen atoms in total. The Balaban J connectivity index is 0.00000272. The van der Waals surface area contributed by atoms with Gasteiger partial charge in [-0.25, -0.2) is 9.98 Å². The molecule has 2 aromatic heterocycles. The second kappa shape index (κ2) is 11.8. The molecule has 9 heteroatoms. The molecule has 1 unspecified atom stereocenters. The van der Waals surface area contributed by atoms with Gasteiger partial charge in [-0.05, 0) is 44.0 Å². The molecule has 0 radical (unpaired) electrons. The van der Waals surface area contributed by atoms with Gasteiger partial charge in [0.25, 0.3) is 0 Å². The Kier molecular flexibility index (Phi) is 8.89. The van der Waals surface area contributed by atoms with Crippen LogP contribution in [0.2, 0.25) is 0 Å². The minimum Gasteiger partial charge on any atom is -0.461 e. The molecule has 3 aromatic rings. The van der Waals surface area contributed by atoms with Gasteiger partial charge in [-0.2, -0.15) is 0 Å². The Morgan fingerprint density at radius 1 is 1.26 bits per heavy atom. The van der Waals surface area contributed by atoms with E-state index in [0.29, 0.717) is 30.0 Å². The normalized spacial score (nSPS) is 17.2. The molecule has 1 fully saturated rings. The topological polar surface area (TPSA) is 94.4 Å². The lowest BCUT2D eigenvalue weighted by molar-refractivity contribution is 0.192. The lowest BCUT2D eigenvalue weighted by Gasteiger charge is -2.34. The van der Waals surface area contributed by atoms with E-state index in [0.717, 1.165) is 38.6 Å². The summed E-state index contributed by atoms with van der Waals surface area (Å²) in [6, 6.07) is 14.7. The van der Waals surface area contributed by atoms with Gasteiger partial charge in [0.15, 0.2) is 11.7 Å². The Bertz CT molecular complexity index is 927. The number of H-pyrrole nitrogens is 1. The van der Waals surface area contributed by atoms with E-state index in [-0.39, 0.29) is 24.0 Å². The molecule has 4 rings (SSSR count). The van der Waals surface area contributed by atoms with Crippen molar-refractivity contribution in [2.45, 2.75) is 38.9 Å². The van der Waals surface area contributed by atoms with Crippen molar-refractivity contribution >= 4 is 29.9 Å². The Morgan fingerprint density at radius 2 is 2.13 bits per heavy atom. The molecule has 0 bridgehead atoms. The van der Waals surface area contributed by atoms with Crippen LogP contribution in [0.4, 0.5) is 0 Å². The molecule has 3 N–H and O–H groups in total. The lowest BCUT2D eigenvalue weighted by atomic mass is 10.0. The van der Waals surface area contributed by atoms with Crippen LogP contribution in [0.5, 0.6) is 0 Å². The maximum atomic E-state index is 5.34. The van der Waals surface area contributed by atoms with Crippen LogP contribution in [0, 0.1) is 0 Å². The summed E-state index contributed by atoms with van der Waals surface area (Å²) < 4.78 is 5.34. The zero-order valence-electron chi connectivity index (χ0n) is 17.8. The van der Waals surface area contributed by atoms with E-state index >= 15 is 0 Å². The van der Waals surface area contributed by atoms with Crippen LogP contribution in [0.15, 0.2) is 58.1 Å². The molecular weight excluding hydrogens is 505 g/mol. The number of nitrogens with zero attached hydrogens (tertiary/aromatic N) is 4. The molecule has 0 saturated carbocycles. The molecule has 1 aromatic carbocycles. The molecular formula is C22H30IN7O. The van der Waals surface area contributed by atoms with Crippen molar-refractivity contribution in [3.05, 3.63) is 60.1 Å². The number of furan rings is 1. The van der Waals surface area contributed by atoms with E-state index < -0.39 is 0 Å². The first kappa shape index (κ1) is 23.3. The third-order valence-corrected chi connectivity index (χ3v) is 5.10. The number of hydrogen-bond acceptors (Lipinski definition) is 5. The first-order valence-corrected chi connectivity index (χ1v) is 10.6. The number of aromatic nitrogens is 3. The molecule has 0 aliphatic carbocycles. The van der Waals surface area contributed by atoms with Gasteiger partial charge in [0.05, 0.1) is 6.26 Å². The average molecular weight is 535 g/mol. The van der Waals surface area contributed by atoms with E-state index in [9.17, 15) is 0 Å². The van der Waals surface area contributed by atoms with Gasteiger partial charge in [0, 0.05) is 25.7 Å². The second-order valence-corrected chi connectivity index (χ2v) is 7.48. The summed E-state index contributed by atoms with van der Waals surface area (Å²) >= 11 is 0. The predicted octanol–water partition coefficient (Wildman–Crippen LogP) is 3.40. The molecule has 0 amide bonds.